The van der Waals surface area contributed by atoms with Gasteiger partial charge in [0.1, 0.15) is 66.5 Å². The molecular weight excluding hydrogens is 1450 g/mol. The van der Waals surface area contributed by atoms with E-state index in [1.807, 2.05) is 12.1 Å². The molecule has 15 atom stereocenters. The summed E-state index contributed by atoms with van der Waals surface area (Å²) < 4.78 is 0. The van der Waals surface area contributed by atoms with Gasteiger partial charge in [0, 0.05) is 56.2 Å². The minimum atomic E-state index is -1.72. The van der Waals surface area contributed by atoms with Crippen molar-refractivity contribution in [1.82, 2.24) is 84.3 Å². The van der Waals surface area contributed by atoms with Crippen molar-refractivity contribution in [3.05, 3.63) is 36.0 Å². The molecule has 3 rings (SSSR count). The lowest BCUT2D eigenvalue weighted by Crippen LogP contribution is -2.62. The van der Waals surface area contributed by atoms with Gasteiger partial charge < -0.3 is 123 Å². The second-order valence-electron chi connectivity index (χ2n) is 28.1. The first-order valence-corrected chi connectivity index (χ1v) is 38.7. The lowest BCUT2D eigenvalue weighted by atomic mass is 9.97. The van der Waals surface area contributed by atoms with E-state index in [1.54, 1.807) is 66.1 Å². The van der Waals surface area contributed by atoms with Crippen molar-refractivity contribution in [2.45, 2.75) is 230 Å². The van der Waals surface area contributed by atoms with Crippen molar-refractivity contribution in [1.29, 1.82) is 21.6 Å². The molecule has 39 nitrogen and oxygen atoms in total. The second kappa shape index (κ2) is 48.3. The Balaban J connectivity index is 1.91. The largest absolute Gasteiger partial charge is 0.480 e. The zero-order valence-electron chi connectivity index (χ0n) is 64.5. The van der Waals surface area contributed by atoms with Gasteiger partial charge in [-0.3, -0.25) is 74.4 Å². The molecule has 0 spiro atoms. The van der Waals surface area contributed by atoms with E-state index < -0.39 is 161 Å². The van der Waals surface area contributed by atoms with Gasteiger partial charge in [-0.25, -0.2) is 4.79 Å². The van der Waals surface area contributed by atoms with Crippen molar-refractivity contribution in [2.75, 3.05) is 44.7 Å². The van der Waals surface area contributed by atoms with Crippen LogP contribution in [0, 0.1) is 39.4 Å². The number of rotatable bonds is 50. The summed E-state index contributed by atoms with van der Waals surface area (Å²) >= 11 is 1.31. The number of hydrogen-bond donors (Lipinski definition) is 26. The Morgan fingerprint density at radius 1 is 0.536 bits per heavy atom. The predicted molar refractivity (Wildman–Crippen MR) is 417 cm³/mol. The average molecular weight is 1570 g/mol. The molecule has 1 fully saturated rings. The Morgan fingerprint density at radius 2 is 0.964 bits per heavy atom. The number of para-hydroxylation sites is 1. The Bertz CT molecular complexity index is 3450. The molecule has 0 saturated carbocycles. The normalized spacial score (nSPS) is 16.4. The number of aromatic amines is 1. The van der Waals surface area contributed by atoms with Gasteiger partial charge in [0.25, 0.3) is 0 Å². The molecule has 1 aromatic heterocycles. The molecule has 40 heteroatoms. The number of nitrogens with two attached hydrogens (primary N) is 5. The molecule has 1 aliphatic rings. The topological polar surface area (TPSA) is 658 Å². The van der Waals surface area contributed by atoms with Crippen molar-refractivity contribution < 1.29 is 67.7 Å². The molecular formula is C70H121N25O14S. The number of aliphatic hydroxyl groups is 1. The number of nitrogens with one attached hydrogen (secondary N) is 19. The van der Waals surface area contributed by atoms with Crippen LogP contribution in [-0.2, 0) is 64.0 Å². The number of carbonyl (C=O) groups excluding carboxylic acids is 11. The van der Waals surface area contributed by atoms with Crippen LogP contribution >= 0.6 is 11.8 Å². The summed E-state index contributed by atoms with van der Waals surface area (Å²) in [4.78, 5) is 174. The number of carboxylic acids is 1. The minimum Gasteiger partial charge on any atom is -0.480 e. The van der Waals surface area contributed by atoms with Crippen molar-refractivity contribution >= 4 is 117 Å². The predicted octanol–water partition coefficient (Wildman–Crippen LogP) is -3.69. The minimum absolute atomic E-state index is 0.0169. The zero-order chi connectivity index (χ0) is 82.5. The number of thioether (sulfide) groups is 1. The fourth-order valence-electron chi connectivity index (χ4n) is 12.1. The lowest BCUT2D eigenvalue weighted by molar-refractivity contribution is -0.145. The van der Waals surface area contributed by atoms with Gasteiger partial charge in [-0.05, 0) is 132 Å². The molecule has 1 aliphatic heterocycles. The molecule has 2 heterocycles. The van der Waals surface area contributed by atoms with E-state index >= 15 is 0 Å². The molecule has 110 heavy (non-hydrogen) atoms. The molecule has 11 amide bonds. The maximum Gasteiger partial charge on any atom is 0.326 e. The number of aliphatic carboxylic acids is 1. The van der Waals surface area contributed by atoms with Crippen molar-refractivity contribution in [2.24, 2.45) is 46.4 Å². The summed E-state index contributed by atoms with van der Waals surface area (Å²) in [5.41, 5.74) is 29.3. The molecule has 0 bridgehead atoms. The summed E-state index contributed by atoms with van der Waals surface area (Å²) in [6.45, 7) is 13.6. The van der Waals surface area contributed by atoms with E-state index in [9.17, 15) is 67.7 Å². The van der Waals surface area contributed by atoms with Crippen LogP contribution in [0.2, 0.25) is 0 Å². The maximum absolute atomic E-state index is 14.8. The molecule has 2 aromatic rings. The smallest absolute Gasteiger partial charge is 0.326 e. The maximum atomic E-state index is 14.8. The fourth-order valence-corrected chi connectivity index (χ4v) is 12.5. The van der Waals surface area contributed by atoms with Gasteiger partial charge in [0.05, 0.1) is 12.1 Å². The van der Waals surface area contributed by atoms with Crippen molar-refractivity contribution in [3.63, 3.8) is 0 Å². The van der Waals surface area contributed by atoms with Gasteiger partial charge >= 0.3 is 5.97 Å². The molecule has 0 radical (unpaired) electrons. The number of benzene rings is 1. The highest BCUT2D eigenvalue weighted by atomic mass is 32.2. The van der Waals surface area contributed by atoms with Crippen LogP contribution in [-0.4, -0.2) is 238 Å². The van der Waals surface area contributed by atoms with E-state index in [1.165, 1.54) is 30.5 Å². The van der Waals surface area contributed by atoms with Crippen LogP contribution in [0.5, 0.6) is 0 Å². The number of guanidine groups is 4. The zero-order valence-corrected chi connectivity index (χ0v) is 65.3. The number of aliphatic hydroxyl groups excluding tert-OH is 1. The molecule has 1 aromatic carbocycles. The second-order valence-corrected chi connectivity index (χ2v) is 29.1. The number of likely N-dealkylation sites (tertiary alicyclic amines) is 1. The quantitative estimate of drug-likeness (QED) is 0.0172. The summed E-state index contributed by atoms with van der Waals surface area (Å²) in [6.07, 6.45) is 3.62. The first-order chi connectivity index (χ1) is 51.9. The highest BCUT2D eigenvalue weighted by Gasteiger charge is 2.43. The number of fused-ring (bicyclic) bond motifs is 1. The summed E-state index contributed by atoms with van der Waals surface area (Å²) in [7, 11) is 0. The molecule has 616 valence electrons. The number of amides is 11. The van der Waals surface area contributed by atoms with Gasteiger partial charge in [-0.1, -0.05) is 72.6 Å². The fraction of sp³-hybridized carbons (Fsp3) is 0.657. The van der Waals surface area contributed by atoms with Gasteiger partial charge in [0.2, 0.25) is 65.0 Å². The Labute approximate surface area is 645 Å². The van der Waals surface area contributed by atoms with Gasteiger partial charge in [-0.15, -0.1) is 0 Å². The summed E-state index contributed by atoms with van der Waals surface area (Å²) in [5.74, 6) is -12.7. The highest BCUT2D eigenvalue weighted by molar-refractivity contribution is 7.98. The standard InChI is InChI=1S/C70H121N25O14S/c1-10-37(5)52(92-58(100)46(23-16-29-82-69(76)77)87-56(98)43(71)20-14-27-80-67(72)73)64(106)85-39(7)55(97)86-45(22-15-28-81-68(74)75)57(99)89-48(26-32-110-9)60(102)94-54(40(8)96)65(107)95-31-18-25-51(95)63(105)91-49(33-36(3)4)61(103)90-50(34-41-35-84-44-21-13-12-19-42(41)44)62(104)88-47(24-17-30-83-70(78)79)59(101)93-53(66(108)109)38(6)11-2/h12-13,19,21,35-40,43,45-54,84,96H,10-11,14-18,20,22-34,71H2,1-9H3,(H,85,106)(H,86,97)(H,87,98)(H,88,104)(H,89,99)(H,90,103)(H,91,105)(H,92,100)(H,93,101)(H,94,102)(H,108,109)(H4,72,73,80)(H4,74,75,81)(H4,76,77,82)(H4,78,79,83)/t37-,38-,39-,40+,43-,45-,46-,47-,48-,49-,50-,51-,52-,53-,54-/m0/s1. The Kier molecular flexibility index (Phi) is 41.3. The average Bonchev–Trinajstić information content (AvgIpc) is 1.64. The Hall–Kier alpha value is -10.2. The van der Waals surface area contributed by atoms with E-state index in [4.69, 9.17) is 50.3 Å². The number of nitrogens with zero attached hydrogens (tertiary/aromatic N) is 1. The van der Waals surface area contributed by atoms with E-state index in [-0.39, 0.29) is 145 Å². The summed E-state index contributed by atoms with van der Waals surface area (Å²) in [5, 5.41) is 89.4. The highest BCUT2D eigenvalue weighted by Crippen LogP contribution is 2.23. The van der Waals surface area contributed by atoms with Gasteiger partial charge in [0.15, 0.2) is 23.8 Å². The monoisotopic (exact) mass is 1570 g/mol. The van der Waals surface area contributed by atoms with Crippen LogP contribution in [0.1, 0.15) is 151 Å². The van der Waals surface area contributed by atoms with Crippen molar-refractivity contribution in [3.8, 4) is 0 Å². The molecule has 1 saturated heterocycles. The SMILES string of the molecule is CC[C@H](C)[C@H](NC(=O)[C@H](CCCNC(=N)N)NC(=O)[C@H](Cc1c[nH]c2ccccc12)NC(=O)[C@H](CC(C)C)NC(=O)[C@@H]1CCCN1C(=O)[C@@H](NC(=O)[C@H](CCSC)NC(=O)[C@H](CCCNC(=N)N)NC(=O)[C@H](C)NC(=O)[C@@H](NC(=O)[C@H](CCCNC(=N)N)NC(=O)[C@@H](N)CCCNC(=N)N)[C@@H](C)CC)[C@@H](C)O)C(=O)O. The summed E-state index contributed by atoms with van der Waals surface area (Å²) in [6, 6.07) is -9.01. The van der Waals surface area contributed by atoms with Gasteiger partial charge in [-0.2, -0.15) is 11.8 Å². The van der Waals surface area contributed by atoms with Crippen LogP contribution in [0.3, 0.4) is 0 Å². The van der Waals surface area contributed by atoms with Crippen LogP contribution in [0.4, 0.5) is 0 Å². The first kappa shape index (κ1) is 94.0. The number of hydrogen-bond acceptors (Lipinski definition) is 19. The molecule has 0 unspecified atom stereocenters. The van der Waals surface area contributed by atoms with Crippen LogP contribution in [0.25, 0.3) is 10.9 Å². The van der Waals surface area contributed by atoms with Crippen LogP contribution in [0.15, 0.2) is 30.5 Å². The lowest BCUT2D eigenvalue weighted by Gasteiger charge is -2.32. The molecule has 0 aliphatic carbocycles. The van der Waals surface area contributed by atoms with E-state index in [0.717, 1.165) is 0 Å². The number of H-pyrrole nitrogens is 1. The third-order valence-corrected chi connectivity index (χ3v) is 19.4. The molecule has 31 N–H and O–H groups in total. The third-order valence-electron chi connectivity index (χ3n) is 18.7. The van der Waals surface area contributed by atoms with E-state index in [2.05, 4.69) is 79.4 Å². The van der Waals surface area contributed by atoms with E-state index in [0.29, 0.717) is 35.7 Å². The number of carbonyl (C=O) groups is 12. The number of aromatic nitrogens is 1. The number of carboxylic acid groups (broad SMARTS) is 1. The third kappa shape index (κ3) is 32.5. The first-order valence-electron chi connectivity index (χ1n) is 37.3. The Morgan fingerprint density at radius 3 is 1.45 bits per heavy atom. The van der Waals surface area contributed by atoms with Crippen LogP contribution < -0.4 is 103 Å².